The average Bonchev–Trinajstić information content (AvgIpc) is 2.56. The van der Waals surface area contributed by atoms with E-state index in [1.54, 1.807) is 0 Å². The SMILES string of the molecule is Cc1ncc2c(n1)C1=CC=CCC1S2. The minimum atomic E-state index is 0.575. The quantitative estimate of drug-likeness (QED) is 0.646. The third kappa shape index (κ3) is 1.12. The van der Waals surface area contributed by atoms with E-state index in [2.05, 4.69) is 28.2 Å². The van der Waals surface area contributed by atoms with Gasteiger partial charge in [0.05, 0.1) is 10.6 Å². The summed E-state index contributed by atoms with van der Waals surface area (Å²) in [5.41, 5.74) is 2.52. The number of fused-ring (bicyclic) bond motifs is 3. The average molecular weight is 202 g/mol. The number of hydrogen-bond acceptors (Lipinski definition) is 3. The van der Waals surface area contributed by atoms with Crippen molar-refractivity contribution in [1.82, 2.24) is 9.97 Å². The van der Waals surface area contributed by atoms with E-state index in [4.69, 9.17) is 0 Å². The van der Waals surface area contributed by atoms with Gasteiger partial charge in [-0.25, -0.2) is 9.97 Å². The molecular weight excluding hydrogens is 192 g/mol. The lowest BCUT2D eigenvalue weighted by Gasteiger charge is -2.10. The van der Waals surface area contributed by atoms with Gasteiger partial charge >= 0.3 is 0 Å². The molecule has 2 heterocycles. The number of thioether (sulfide) groups is 1. The van der Waals surface area contributed by atoms with Crippen LogP contribution in [0.25, 0.3) is 5.57 Å². The van der Waals surface area contributed by atoms with Crippen LogP contribution in [-0.2, 0) is 0 Å². The van der Waals surface area contributed by atoms with E-state index in [9.17, 15) is 0 Å². The summed E-state index contributed by atoms with van der Waals surface area (Å²) in [6.45, 7) is 1.94. The second-order valence-corrected chi connectivity index (χ2v) is 4.77. The van der Waals surface area contributed by atoms with Crippen molar-refractivity contribution in [3.63, 3.8) is 0 Å². The Kier molecular flexibility index (Phi) is 1.74. The second-order valence-electron chi connectivity index (χ2n) is 3.52. The molecular formula is C11H10N2S. The van der Waals surface area contributed by atoms with Crippen LogP contribution in [0.3, 0.4) is 0 Å². The Morgan fingerprint density at radius 2 is 2.43 bits per heavy atom. The summed E-state index contributed by atoms with van der Waals surface area (Å²) in [4.78, 5) is 9.97. The summed E-state index contributed by atoms with van der Waals surface area (Å²) < 4.78 is 0. The predicted molar refractivity (Wildman–Crippen MR) is 58.1 cm³/mol. The van der Waals surface area contributed by atoms with Crippen LogP contribution in [0.5, 0.6) is 0 Å². The molecule has 3 heteroatoms. The van der Waals surface area contributed by atoms with Crippen molar-refractivity contribution >= 4 is 17.3 Å². The summed E-state index contributed by atoms with van der Waals surface area (Å²) in [6, 6.07) is 0. The van der Waals surface area contributed by atoms with Crippen LogP contribution < -0.4 is 0 Å². The molecule has 1 aromatic rings. The zero-order chi connectivity index (χ0) is 9.54. The fourth-order valence-corrected chi connectivity index (χ4v) is 3.08. The monoisotopic (exact) mass is 202 g/mol. The maximum atomic E-state index is 4.50. The molecule has 1 aliphatic carbocycles. The van der Waals surface area contributed by atoms with Gasteiger partial charge in [-0.3, -0.25) is 0 Å². The van der Waals surface area contributed by atoms with E-state index in [0.717, 1.165) is 17.9 Å². The Balaban J connectivity index is 2.17. The zero-order valence-electron chi connectivity index (χ0n) is 7.90. The lowest BCUT2D eigenvalue weighted by Crippen LogP contribution is -2.02. The largest absolute Gasteiger partial charge is 0.240 e. The third-order valence-electron chi connectivity index (χ3n) is 2.53. The van der Waals surface area contributed by atoms with Crippen molar-refractivity contribution in [2.75, 3.05) is 0 Å². The molecule has 0 spiro atoms. The molecule has 0 saturated heterocycles. The second kappa shape index (κ2) is 2.95. The van der Waals surface area contributed by atoms with Gasteiger partial charge in [0.15, 0.2) is 0 Å². The molecule has 1 aliphatic heterocycles. The van der Waals surface area contributed by atoms with E-state index in [-0.39, 0.29) is 0 Å². The van der Waals surface area contributed by atoms with Crippen molar-refractivity contribution in [3.8, 4) is 0 Å². The summed E-state index contributed by atoms with van der Waals surface area (Å²) in [7, 11) is 0. The molecule has 0 aromatic carbocycles. The van der Waals surface area contributed by atoms with E-state index >= 15 is 0 Å². The highest BCUT2D eigenvalue weighted by molar-refractivity contribution is 8.00. The van der Waals surface area contributed by atoms with Gasteiger partial charge < -0.3 is 0 Å². The lowest BCUT2D eigenvalue weighted by molar-refractivity contribution is 0.986. The van der Waals surface area contributed by atoms with Gasteiger partial charge in [0.2, 0.25) is 0 Å². The molecule has 0 bridgehead atoms. The molecule has 0 fully saturated rings. The Labute approximate surface area is 87.2 Å². The molecule has 1 aromatic heterocycles. The first kappa shape index (κ1) is 8.24. The van der Waals surface area contributed by atoms with Crippen molar-refractivity contribution in [2.24, 2.45) is 0 Å². The standard InChI is InChI=1S/C11H10N2S/c1-7-12-6-10-11(13-7)8-4-2-3-5-9(8)14-10/h2-4,6,9H,5H2,1H3. The molecule has 2 aliphatic rings. The number of aromatic nitrogens is 2. The van der Waals surface area contributed by atoms with Crippen molar-refractivity contribution in [1.29, 1.82) is 0 Å². The van der Waals surface area contributed by atoms with Crippen molar-refractivity contribution in [2.45, 2.75) is 23.5 Å². The van der Waals surface area contributed by atoms with Crippen LogP contribution in [-0.4, -0.2) is 15.2 Å². The molecule has 70 valence electrons. The maximum absolute atomic E-state index is 4.50. The maximum Gasteiger partial charge on any atom is 0.125 e. The molecule has 3 rings (SSSR count). The van der Waals surface area contributed by atoms with Gasteiger partial charge in [0.1, 0.15) is 5.82 Å². The summed E-state index contributed by atoms with van der Waals surface area (Å²) >= 11 is 1.88. The molecule has 0 radical (unpaired) electrons. The Morgan fingerprint density at radius 3 is 3.36 bits per heavy atom. The smallest absolute Gasteiger partial charge is 0.125 e. The number of rotatable bonds is 0. The highest BCUT2D eigenvalue weighted by Crippen LogP contribution is 2.46. The topological polar surface area (TPSA) is 25.8 Å². The van der Waals surface area contributed by atoms with Gasteiger partial charge in [-0.1, -0.05) is 18.2 Å². The Hall–Kier alpha value is -1.09. The number of hydrogen-bond donors (Lipinski definition) is 0. The lowest BCUT2D eigenvalue weighted by atomic mass is 10.0. The summed E-state index contributed by atoms with van der Waals surface area (Å²) in [6.07, 6.45) is 9.58. The van der Waals surface area contributed by atoms with E-state index < -0.39 is 0 Å². The molecule has 0 N–H and O–H groups in total. The number of nitrogens with zero attached hydrogens (tertiary/aromatic N) is 2. The molecule has 14 heavy (non-hydrogen) atoms. The van der Waals surface area contributed by atoms with Crippen LogP contribution in [0, 0.1) is 6.92 Å². The molecule has 2 nitrogen and oxygen atoms in total. The summed E-state index contributed by atoms with van der Waals surface area (Å²) in [5, 5.41) is 0.575. The van der Waals surface area contributed by atoms with Gasteiger partial charge in [0, 0.05) is 11.4 Å². The zero-order valence-corrected chi connectivity index (χ0v) is 8.71. The Bertz CT molecular complexity index is 449. The van der Waals surface area contributed by atoms with Gasteiger partial charge in [-0.15, -0.1) is 11.8 Å². The highest BCUT2D eigenvalue weighted by Gasteiger charge is 2.29. The molecule has 1 unspecified atom stereocenters. The Morgan fingerprint density at radius 1 is 1.50 bits per heavy atom. The first-order valence-electron chi connectivity index (χ1n) is 4.72. The fraction of sp³-hybridized carbons (Fsp3) is 0.273. The number of allylic oxidation sites excluding steroid dienone is 3. The van der Waals surface area contributed by atoms with E-state index in [0.29, 0.717) is 5.25 Å². The molecule has 1 atom stereocenters. The van der Waals surface area contributed by atoms with Crippen LogP contribution in [0.1, 0.15) is 17.9 Å². The van der Waals surface area contributed by atoms with Crippen LogP contribution in [0.4, 0.5) is 0 Å². The van der Waals surface area contributed by atoms with Crippen molar-refractivity contribution < 1.29 is 0 Å². The van der Waals surface area contributed by atoms with Gasteiger partial charge in [-0.2, -0.15) is 0 Å². The molecule has 0 saturated carbocycles. The highest BCUT2D eigenvalue weighted by atomic mass is 32.2. The van der Waals surface area contributed by atoms with Crippen LogP contribution >= 0.6 is 11.8 Å². The minimum absolute atomic E-state index is 0.575. The first-order chi connectivity index (χ1) is 6.84. The normalized spacial score (nSPS) is 22.9. The van der Waals surface area contributed by atoms with E-state index in [1.807, 2.05) is 24.9 Å². The minimum Gasteiger partial charge on any atom is -0.240 e. The number of aryl methyl sites for hydroxylation is 1. The predicted octanol–water partition coefficient (Wildman–Crippen LogP) is 2.60. The molecule has 0 amide bonds. The van der Waals surface area contributed by atoms with Gasteiger partial charge in [-0.05, 0) is 18.9 Å². The van der Waals surface area contributed by atoms with E-state index in [1.165, 1.54) is 10.5 Å². The summed E-state index contributed by atoms with van der Waals surface area (Å²) in [5.74, 6) is 0.862. The van der Waals surface area contributed by atoms with Gasteiger partial charge in [0.25, 0.3) is 0 Å². The fourth-order valence-electron chi connectivity index (χ4n) is 1.86. The van der Waals surface area contributed by atoms with Crippen molar-refractivity contribution in [3.05, 3.63) is 35.9 Å². The first-order valence-corrected chi connectivity index (χ1v) is 5.60. The van der Waals surface area contributed by atoms with Crippen LogP contribution in [0.15, 0.2) is 29.3 Å². The van der Waals surface area contributed by atoms with Crippen LogP contribution in [0.2, 0.25) is 0 Å². The third-order valence-corrected chi connectivity index (χ3v) is 3.81.